The zero-order valence-corrected chi connectivity index (χ0v) is 13.9. The fourth-order valence-electron chi connectivity index (χ4n) is 3.49. The molecule has 0 unspecified atom stereocenters. The maximum atomic E-state index is 4.79. The number of rotatable bonds is 6. The quantitative estimate of drug-likeness (QED) is 0.880. The fourth-order valence-corrected chi connectivity index (χ4v) is 4.43. The van der Waals surface area contributed by atoms with E-state index in [9.17, 15) is 0 Å². The Bertz CT molecular complexity index is 599. The molecule has 0 aliphatic heterocycles. The lowest BCUT2D eigenvalue weighted by molar-refractivity contribution is 0.519. The SMILES string of the molecule is CCn1c(CNCC2(SC)CCCC2)nc2ccccc21. The van der Waals surface area contributed by atoms with Crippen molar-refractivity contribution in [3.8, 4) is 0 Å². The summed E-state index contributed by atoms with van der Waals surface area (Å²) in [4.78, 5) is 4.79. The Balaban J connectivity index is 1.70. The largest absolute Gasteiger partial charge is 0.327 e. The van der Waals surface area contributed by atoms with Gasteiger partial charge in [0.05, 0.1) is 17.6 Å². The molecule has 1 N–H and O–H groups in total. The number of hydrogen-bond acceptors (Lipinski definition) is 3. The zero-order valence-electron chi connectivity index (χ0n) is 13.1. The number of imidazole rings is 1. The van der Waals surface area contributed by atoms with Crippen LogP contribution in [0.25, 0.3) is 11.0 Å². The van der Waals surface area contributed by atoms with Gasteiger partial charge >= 0.3 is 0 Å². The predicted molar refractivity (Wildman–Crippen MR) is 91.8 cm³/mol. The van der Waals surface area contributed by atoms with Gasteiger partial charge in [0.15, 0.2) is 0 Å². The highest BCUT2D eigenvalue weighted by Gasteiger charge is 2.32. The number of para-hydroxylation sites is 2. The molecule has 0 amide bonds. The molecular weight excluding hydrogens is 278 g/mol. The second-order valence-electron chi connectivity index (χ2n) is 5.96. The number of benzene rings is 1. The molecule has 0 saturated heterocycles. The zero-order chi connectivity index (χ0) is 14.7. The lowest BCUT2D eigenvalue weighted by Gasteiger charge is -2.27. The van der Waals surface area contributed by atoms with E-state index in [4.69, 9.17) is 4.98 Å². The Labute approximate surface area is 131 Å². The molecule has 0 atom stereocenters. The van der Waals surface area contributed by atoms with Crippen molar-refractivity contribution in [2.24, 2.45) is 0 Å². The van der Waals surface area contributed by atoms with Crippen LogP contribution in [0.3, 0.4) is 0 Å². The number of hydrogen-bond donors (Lipinski definition) is 1. The number of aromatic nitrogens is 2. The minimum absolute atomic E-state index is 0.461. The number of aryl methyl sites for hydroxylation is 1. The summed E-state index contributed by atoms with van der Waals surface area (Å²) in [5, 5.41) is 3.67. The first-order valence-electron chi connectivity index (χ1n) is 7.98. The van der Waals surface area contributed by atoms with E-state index in [-0.39, 0.29) is 0 Å². The van der Waals surface area contributed by atoms with Crippen molar-refractivity contribution >= 4 is 22.8 Å². The fraction of sp³-hybridized carbons (Fsp3) is 0.588. The van der Waals surface area contributed by atoms with Gasteiger partial charge < -0.3 is 9.88 Å². The summed E-state index contributed by atoms with van der Waals surface area (Å²) in [6.07, 6.45) is 7.73. The number of fused-ring (bicyclic) bond motifs is 1. The third-order valence-corrected chi connectivity index (χ3v) is 6.15. The van der Waals surface area contributed by atoms with Gasteiger partial charge in [0, 0.05) is 17.8 Å². The summed E-state index contributed by atoms with van der Waals surface area (Å²) in [6.45, 7) is 5.13. The van der Waals surface area contributed by atoms with E-state index in [1.54, 1.807) is 0 Å². The molecule has 3 nitrogen and oxygen atoms in total. The van der Waals surface area contributed by atoms with E-state index < -0.39 is 0 Å². The van der Waals surface area contributed by atoms with Gasteiger partial charge in [-0.1, -0.05) is 25.0 Å². The first-order chi connectivity index (χ1) is 10.3. The van der Waals surface area contributed by atoms with Gasteiger partial charge in [-0.05, 0) is 38.2 Å². The van der Waals surface area contributed by atoms with Crippen LogP contribution in [0.15, 0.2) is 24.3 Å². The lowest BCUT2D eigenvalue weighted by Crippen LogP contribution is -2.35. The van der Waals surface area contributed by atoms with Crippen LogP contribution in [-0.2, 0) is 13.1 Å². The second kappa shape index (κ2) is 6.41. The third kappa shape index (κ3) is 2.97. The average Bonchev–Trinajstić information content (AvgIpc) is 3.12. The van der Waals surface area contributed by atoms with E-state index in [1.807, 2.05) is 11.8 Å². The van der Waals surface area contributed by atoms with Crippen LogP contribution in [-0.4, -0.2) is 27.1 Å². The van der Waals surface area contributed by atoms with Gasteiger partial charge in [-0.15, -0.1) is 0 Å². The number of nitrogens with one attached hydrogen (secondary N) is 1. The van der Waals surface area contributed by atoms with Gasteiger partial charge in [0.1, 0.15) is 5.82 Å². The summed E-state index contributed by atoms with van der Waals surface area (Å²) in [6, 6.07) is 8.42. The maximum Gasteiger partial charge on any atom is 0.123 e. The molecule has 0 radical (unpaired) electrons. The molecule has 1 heterocycles. The monoisotopic (exact) mass is 303 g/mol. The first kappa shape index (κ1) is 14.9. The van der Waals surface area contributed by atoms with Crippen molar-refractivity contribution < 1.29 is 0 Å². The third-order valence-electron chi connectivity index (χ3n) is 4.73. The van der Waals surface area contributed by atoms with Crippen molar-refractivity contribution in [2.45, 2.75) is 50.4 Å². The van der Waals surface area contributed by atoms with Crippen LogP contribution in [0, 0.1) is 0 Å². The van der Waals surface area contributed by atoms with E-state index in [0.29, 0.717) is 4.75 Å². The Kier molecular flexibility index (Phi) is 4.55. The van der Waals surface area contributed by atoms with E-state index in [1.165, 1.54) is 31.2 Å². The molecule has 1 fully saturated rings. The van der Waals surface area contributed by atoms with Crippen LogP contribution in [0.1, 0.15) is 38.4 Å². The van der Waals surface area contributed by atoms with Gasteiger partial charge in [0.25, 0.3) is 0 Å². The van der Waals surface area contributed by atoms with E-state index in [2.05, 4.69) is 47.3 Å². The Hall–Kier alpha value is -1.00. The normalized spacial score (nSPS) is 17.6. The highest BCUT2D eigenvalue weighted by molar-refractivity contribution is 8.00. The number of nitrogens with zero attached hydrogens (tertiary/aromatic N) is 2. The lowest BCUT2D eigenvalue weighted by atomic mass is 10.1. The molecule has 1 aromatic heterocycles. The molecule has 1 aromatic carbocycles. The molecule has 0 spiro atoms. The van der Waals surface area contributed by atoms with E-state index >= 15 is 0 Å². The van der Waals surface area contributed by atoms with Crippen molar-refractivity contribution in [1.29, 1.82) is 0 Å². The van der Waals surface area contributed by atoms with Crippen molar-refractivity contribution in [2.75, 3.05) is 12.8 Å². The van der Waals surface area contributed by atoms with Crippen LogP contribution in [0.5, 0.6) is 0 Å². The summed E-state index contributed by atoms with van der Waals surface area (Å²) in [5.41, 5.74) is 2.36. The summed E-state index contributed by atoms with van der Waals surface area (Å²) in [7, 11) is 0. The molecule has 1 aliphatic carbocycles. The Morgan fingerprint density at radius 2 is 2.05 bits per heavy atom. The molecule has 2 aromatic rings. The first-order valence-corrected chi connectivity index (χ1v) is 9.20. The molecule has 0 bridgehead atoms. The van der Waals surface area contributed by atoms with Crippen molar-refractivity contribution in [3.05, 3.63) is 30.1 Å². The highest BCUT2D eigenvalue weighted by Crippen LogP contribution is 2.39. The highest BCUT2D eigenvalue weighted by atomic mass is 32.2. The Morgan fingerprint density at radius 3 is 2.76 bits per heavy atom. The predicted octanol–water partition coefficient (Wildman–Crippen LogP) is 3.82. The molecular formula is C17H25N3S. The van der Waals surface area contributed by atoms with Gasteiger partial charge in [-0.25, -0.2) is 4.98 Å². The smallest absolute Gasteiger partial charge is 0.123 e. The minimum Gasteiger partial charge on any atom is -0.327 e. The summed E-state index contributed by atoms with van der Waals surface area (Å²) in [5.74, 6) is 1.16. The second-order valence-corrected chi connectivity index (χ2v) is 7.23. The average molecular weight is 303 g/mol. The topological polar surface area (TPSA) is 29.9 Å². The number of thioether (sulfide) groups is 1. The molecule has 4 heteroatoms. The van der Waals surface area contributed by atoms with Crippen LogP contribution in [0.4, 0.5) is 0 Å². The van der Waals surface area contributed by atoms with Gasteiger partial charge in [0.2, 0.25) is 0 Å². The Morgan fingerprint density at radius 1 is 1.29 bits per heavy atom. The maximum absolute atomic E-state index is 4.79. The summed E-state index contributed by atoms with van der Waals surface area (Å²) < 4.78 is 2.78. The molecule has 1 aliphatic rings. The van der Waals surface area contributed by atoms with Crippen LogP contribution >= 0.6 is 11.8 Å². The minimum atomic E-state index is 0.461. The van der Waals surface area contributed by atoms with Crippen LogP contribution < -0.4 is 5.32 Å². The van der Waals surface area contributed by atoms with E-state index in [0.717, 1.165) is 31.0 Å². The van der Waals surface area contributed by atoms with Crippen LogP contribution in [0.2, 0.25) is 0 Å². The summed E-state index contributed by atoms with van der Waals surface area (Å²) >= 11 is 2.04. The molecule has 21 heavy (non-hydrogen) atoms. The van der Waals surface area contributed by atoms with Crippen molar-refractivity contribution in [1.82, 2.24) is 14.9 Å². The standard InChI is InChI=1S/C17H25N3S/c1-3-20-15-9-5-4-8-14(15)19-16(20)12-18-13-17(21-2)10-6-7-11-17/h4-5,8-9,18H,3,6-7,10-13H2,1-2H3. The van der Waals surface area contributed by atoms with Gasteiger partial charge in [-0.2, -0.15) is 11.8 Å². The molecule has 3 rings (SSSR count). The van der Waals surface area contributed by atoms with Gasteiger partial charge in [-0.3, -0.25) is 0 Å². The molecule has 1 saturated carbocycles. The van der Waals surface area contributed by atoms with Crippen molar-refractivity contribution in [3.63, 3.8) is 0 Å². The molecule has 114 valence electrons.